The van der Waals surface area contributed by atoms with E-state index in [0.717, 1.165) is 0 Å². The second-order valence-corrected chi connectivity index (χ2v) is 4.00. The predicted octanol–water partition coefficient (Wildman–Crippen LogP) is 2.84. The van der Waals surface area contributed by atoms with Crippen molar-refractivity contribution >= 4 is 23.2 Å². The van der Waals surface area contributed by atoms with Crippen molar-refractivity contribution in [3.63, 3.8) is 0 Å². The van der Waals surface area contributed by atoms with Crippen molar-refractivity contribution in [3.05, 3.63) is 29.0 Å². The van der Waals surface area contributed by atoms with Gasteiger partial charge < -0.3 is 10.1 Å². The molecule has 0 aliphatic heterocycles. The summed E-state index contributed by atoms with van der Waals surface area (Å²) in [7, 11) is 0. The summed E-state index contributed by atoms with van der Waals surface area (Å²) in [5, 5.41) is 2.73. The van der Waals surface area contributed by atoms with Crippen molar-refractivity contribution in [2.75, 3.05) is 11.9 Å². The highest BCUT2D eigenvalue weighted by Gasteiger charge is 2.05. The summed E-state index contributed by atoms with van der Waals surface area (Å²) in [4.78, 5) is 11.3. The summed E-state index contributed by atoms with van der Waals surface area (Å²) in [6.07, 6.45) is -0.0261. The molecule has 0 aliphatic carbocycles. The largest absolute Gasteiger partial charge is 0.369 e. The van der Waals surface area contributed by atoms with Crippen LogP contribution in [0.15, 0.2) is 18.2 Å². The Balaban J connectivity index is 2.56. The second kappa shape index (κ2) is 5.82. The van der Waals surface area contributed by atoms with Gasteiger partial charge in [-0.15, -0.1) is 0 Å². The van der Waals surface area contributed by atoms with Gasteiger partial charge in [-0.05, 0) is 32.0 Å². The maximum Gasteiger partial charge on any atom is 0.250 e. The summed E-state index contributed by atoms with van der Waals surface area (Å²) in [5.74, 6) is -0.831. The van der Waals surface area contributed by atoms with E-state index in [1.807, 2.05) is 13.8 Å². The molecule has 0 fully saturated rings. The summed E-state index contributed by atoms with van der Waals surface area (Å²) < 4.78 is 18.0. The zero-order valence-corrected chi connectivity index (χ0v) is 9.84. The Morgan fingerprint density at radius 1 is 1.50 bits per heavy atom. The number of halogens is 2. The van der Waals surface area contributed by atoms with Crippen molar-refractivity contribution in [2.24, 2.45) is 0 Å². The standard InChI is InChI=1S/C11H13ClFNO2/c1-7(2)16-6-11(15)14-10-4-8(12)3-9(13)5-10/h3-5,7H,6H2,1-2H3,(H,14,15). The third-order valence-corrected chi connectivity index (χ3v) is 1.91. The Bertz CT molecular complexity index is 362. The molecular weight excluding hydrogens is 233 g/mol. The smallest absolute Gasteiger partial charge is 0.250 e. The monoisotopic (exact) mass is 245 g/mol. The molecule has 1 aromatic rings. The first-order valence-corrected chi connectivity index (χ1v) is 5.22. The van der Waals surface area contributed by atoms with Gasteiger partial charge in [0.1, 0.15) is 12.4 Å². The molecule has 0 radical (unpaired) electrons. The molecule has 88 valence electrons. The van der Waals surface area contributed by atoms with E-state index in [1.54, 1.807) is 0 Å². The maximum absolute atomic E-state index is 12.9. The minimum atomic E-state index is -0.493. The second-order valence-electron chi connectivity index (χ2n) is 3.57. The molecule has 0 aliphatic rings. The van der Waals surface area contributed by atoms with Gasteiger partial charge >= 0.3 is 0 Å². The highest BCUT2D eigenvalue weighted by atomic mass is 35.5. The molecule has 0 heterocycles. The van der Waals surface area contributed by atoms with Crippen molar-refractivity contribution in [1.29, 1.82) is 0 Å². The van der Waals surface area contributed by atoms with Crippen LogP contribution in [0.2, 0.25) is 5.02 Å². The Labute approximate surface area is 98.5 Å². The molecule has 1 rings (SSSR count). The molecule has 5 heteroatoms. The number of amides is 1. The quantitative estimate of drug-likeness (QED) is 0.886. The number of benzene rings is 1. The van der Waals surface area contributed by atoms with E-state index in [9.17, 15) is 9.18 Å². The molecule has 0 spiro atoms. The molecule has 1 N–H and O–H groups in total. The lowest BCUT2D eigenvalue weighted by Crippen LogP contribution is -2.20. The number of ether oxygens (including phenoxy) is 1. The zero-order valence-electron chi connectivity index (χ0n) is 9.09. The normalized spacial score (nSPS) is 10.6. The molecule has 0 unspecified atom stereocenters. The van der Waals surface area contributed by atoms with Crippen LogP contribution in [0.1, 0.15) is 13.8 Å². The molecule has 16 heavy (non-hydrogen) atoms. The number of hydrogen-bond acceptors (Lipinski definition) is 2. The lowest BCUT2D eigenvalue weighted by atomic mass is 10.3. The van der Waals surface area contributed by atoms with Gasteiger partial charge in [-0.1, -0.05) is 11.6 Å². The first kappa shape index (κ1) is 12.9. The topological polar surface area (TPSA) is 38.3 Å². The van der Waals surface area contributed by atoms with Gasteiger partial charge in [-0.3, -0.25) is 4.79 Å². The number of nitrogens with one attached hydrogen (secondary N) is 1. The fourth-order valence-corrected chi connectivity index (χ4v) is 1.29. The van der Waals surface area contributed by atoms with Gasteiger partial charge in [0.05, 0.1) is 6.10 Å². The van der Waals surface area contributed by atoms with Gasteiger partial charge in [0.2, 0.25) is 5.91 Å². The van der Waals surface area contributed by atoms with Crippen LogP contribution >= 0.6 is 11.6 Å². The zero-order chi connectivity index (χ0) is 12.1. The van der Waals surface area contributed by atoms with Crippen LogP contribution in [0, 0.1) is 5.82 Å². The van der Waals surface area contributed by atoms with E-state index in [0.29, 0.717) is 5.69 Å². The van der Waals surface area contributed by atoms with Crippen molar-refractivity contribution < 1.29 is 13.9 Å². The van der Waals surface area contributed by atoms with Crippen molar-refractivity contribution in [1.82, 2.24) is 0 Å². The maximum atomic E-state index is 12.9. The Hall–Kier alpha value is -1.13. The Kier molecular flexibility index (Phi) is 4.71. The number of anilines is 1. The molecular formula is C11H13ClFNO2. The van der Waals surface area contributed by atoms with E-state index in [1.165, 1.54) is 18.2 Å². The van der Waals surface area contributed by atoms with E-state index in [-0.39, 0.29) is 23.6 Å². The summed E-state index contributed by atoms with van der Waals surface area (Å²) in [6, 6.07) is 3.83. The minimum Gasteiger partial charge on any atom is -0.369 e. The highest BCUT2D eigenvalue weighted by molar-refractivity contribution is 6.30. The molecule has 0 saturated heterocycles. The molecule has 0 aromatic heterocycles. The minimum absolute atomic E-state index is 0.0261. The third-order valence-electron chi connectivity index (χ3n) is 1.69. The first-order valence-electron chi connectivity index (χ1n) is 4.85. The highest BCUT2D eigenvalue weighted by Crippen LogP contribution is 2.17. The number of carbonyl (C=O) groups excluding carboxylic acids is 1. The summed E-state index contributed by atoms with van der Waals surface area (Å²) in [5.41, 5.74) is 0.322. The van der Waals surface area contributed by atoms with Gasteiger partial charge in [0.15, 0.2) is 0 Å². The average molecular weight is 246 g/mol. The Morgan fingerprint density at radius 2 is 2.19 bits per heavy atom. The number of hydrogen-bond donors (Lipinski definition) is 1. The SMILES string of the molecule is CC(C)OCC(=O)Nc1cc(F)cc(Cl)c1. The molecule has 1 aromatic carbocycles. The van der Waals surface area contributed by atoms with Crippen LogP contribution in [-0.4, -0.2) is 18.6 Å². The van der Waals surface area contributed by atoms with Crippen LogP contribution in [0.25, 0.3) is 0 Å². The molecule has 0 bridgehead atoms. The molecule has 3 nitrogen and oxygen atoms in total. The lowest BCUT2D eigenvalue weighted by Gasteiger charge is -2.08. The van der Waals surface area contributed by atoms with E-state index < -0.39 is 5.82 Å². The van der Waals surface area contributed by atoms with Crippen LogP contribution < -0.4 is 5.32 Å². The van der Waals surface area contributed by atoms with Crippen molar-refractivity contribution in [3.8, 4) is 0 Å². The lowest BCUT2D eigenvalue weighted by molar-refractivity contribution is -0.121. The van der Waals surface area contributed by atoms with Crippen LogP contribution in [-0.2, 0) is 9.53 Å². The van der Waals surface area contributed by atoms with E-state index >= 15 is 0 Å². The molecule has 1 amide bonds. The van der Waals surface area contributed by atoms with Crippen molar-refractivity contribution in [2.45, 2.75) is 20.0 Å². The first-order chi connectivity index (χ1) is 7.47. The van der Waals surface area contributed by atoms with E-state index in [4.69, 9.17) is 16.3 Å². The Morgan fingerprint density at radius 3 is 2.75 bits per heavy atom. The van der Waals surface area contributed by atoms with Gasteiger partial charge in [0, 0.05) is 10.7 Å². The summed E-state index contributed by atoms with van der Waals surface area (Å²) >= 11 is 5.64. The van der Waals surface area contributed by atoms with Gasteiger partial charge in [-0.25, -0.2) is 4.39 Å². The van der Waals surface area contributed by atoms with Crippen LogP contribution in [0.4, 0.5) is 10.1 Å². The van der Waals surface area contributed by atoms with Gasteiger partial charge in [-0.2, -0.15) is 0 Å². The molecule has 0 atom stereocenters. The van der Waals surface area contributed by atoms with Crippen LogP contribution in [0.5, 0.6) is 0 Å². The van der Waals surface area contributed by atoms with E-state index in [2.05, 4.69) is 5.32 Å². The fraction of sp³-hybridized carbons (Fsp3) is 0.364. The third kappa shape index (κ3) is 4.59. The number of rotatable bonds is 4. The summed E-state index contributed by atoms with van der Waals surface area (Å²) in [6.45, 7) is 3.59. The van der Waals surface area contributed by atoms with Gasteiger partial charge in [0.25, 0.3) is 0 Å². The molecule has 0 saturated carbocycles. The predicted molar refractivity (Wildman–Crippen MR) is 61.1 cm³/mol. The van der Waals surface area contributed by atoms with Crippen LogP contribution in [0.3, 0.4) is 0 Å². The number of carbonyl (C=O) groups is 1. The average Bonchev–Trinajstić information content (AvgIpc) is 2.12. The fourth-order valence-electron chi connectivity index (χ4n) is 1.07.